The number of nitrogens with one attached hydrogen (secondary N) is 1. The van der Waals surface area contributed by atoms with Crippen LogP contribution >= 0.6 is 0 Å². The van der Waals surface area contributed by atoms with Gasteiger partial charge in [-0.25, -0.2) is 8.42 Å². The zero-order valence-electron chi connectivity index (χ0n) is 13.6. The SMILES string of the molecule is CS(=O)(=O)c1ccc(OCC(=O)NC2CCCCCCC2)cc1. The van der Waals surface area contributed by atoms with E-state index < -0.39 is 9.84 Å². The first kappa shape index (κ1) is 17.8. The first-order chi connectivity index (χ1) is 10.9. The molecule has 6 heteroatoms. The molecule has 1 aromatic rings. The van der Waals surface area contributed by atoms with E-state index in [2.05, 4.69) is 5.32 Å². The highest BCUT2D eigenvalue weighted by atomic mass is 32.2. The summed E-state index contributed by atoms with van der Waals surface area (Å²) in [5.74, 6) is 0.368. The number of amides is 1. The minimum atomic E-state index is -3.21. The van der Waals surface area contributed by atoms with Crippen molar-refractivity contribution in [1.29, 1.82) is 0 Å². The Morgan fingerprint density at radius 1 is 1.09 bits per heavy atom. The molecule has 1 aliphatic carbocycles. The fourth-order valence-corrected chi connectivity index (χ4v) is 3.43. The number of hydrogen-bond acceptors (Lipinski definition) is 4. The van der Waals surface area contributed by atoms with Crippen molar-refractivity contribution in [2.45, 2.75) is 55.9 Å². The molecule has 0 saturated heterocycles. The van der Waals surface area contributed by atoms with Gasteiger partial charge in [-0.05, 0) is 37.1 Å². The second kappa shape index (κ2) is 8.34. The summed E-state index contributed by atoms with van der Waals surface area (Å²) in [5, 5.41) is 3.03. The van der Waals surface area contributed by atoms with E-state index in [-0.39, 0.29) is 23.5 Å². The Balaban J connectivity index is 1.79. The monoisotopic (exact) mass is 339 g/mol. The quantitative estimate of drug-likeness (QED) is 0.895. The van der Waals surface area contributed by atoms with Gasteiger partial charge in [0, 0.05) is 12.3 Å². The lowest BCUT2D eigenvalue weighted by Crippen LogP contribution is -2.38. The van der Waals surface area contributed by atoms with E-state index in [1.807, 2.05) is 0 Å². The molecule has 128 valence electrons. The molecule has 0 spiro atoms. The molecule has 1 aromatic carbocycles. The lowest BCUT2D eigenvalue weighted by atomic mass is 9.97. The van der Waals surface area contributed by atoms with Crippen LogP contribution in [0.5, 0.6) is 5.75 Å². The van der Waals surface area contributed by atoms with Crippen LogP contribution in [-0.4, -0.2) is 33.2 Å². The highest BCUT2D eigenvalue weighted by Gasteiger charge is 2.14. The van der Waals surface area contributed by atoms with Gasteiger partial charge in [0.1, 0.15) is 5.75 Å². The van der Waals surface area contributed by atoms with Gasteiger partial charge in [-0.3, -0.25) is 4.79 Å². The summed E-state index contributed by atoms with van der Waals surface area (Å²) in [6, 6.07) is 6.35. The molecule has 1 fully saturated rings. The second-order valence-corrected chi connectivity index (χ2v) is 8.16. The van der Waals surface area contributed by atoms with Gasteiger partial charge < -0.3 is 10.1 Å². The smallest absolute Gasteiger partial charge is 0.258 e. The predicted molar refractivity (Wildman–Crippen MR) is 89.3 cm³/mol. The van der Waals surface area contributed by atoms with Crippen LogP contribution in [0.2, 0.25) is 0 Å². The van der Waals surface area contributed by atoms with Crippen molar-refractivity contribution in [2.75, 3.05) is 12.9 Å². The van der Waals surface area contributed by atoms with Crippen LogP contribution in [-0.2, 0) is 14.6 Å². The van der Waals surface area contributed by atoms with Gasteiger partial charge in [0.2, 0.25) is 0 Å². The van der Waals surface area contributed by atoms with E-state index in [1.165, 1.54) is 44.2 Å². The zero-order valence-corrected chi connectivity index (χ0v) is 14.4. The number of benzene rings is 1. The molecule has 1 aliphatic rings. The van der Waals surface area contributed by atoms with Crippen LogP contribution in [0, 0.1) is 0 Å². The first-order valence-electron chi connectivity index (χ1n) is 8.17. The van der Waals surface area contributed by atoms with Gasteiger partial charge in [0.25, 0.3) is 5.91 Å². The predicted octanol–water partition coefficient (Wildman–Crippen LogP) is 2.70. The Bertz CT molecular complexity index is 602. The minimum absolute atomic E-state index is 0.0469. The Morgan fingerprint density at radius 2 is 1.65 bits per heavy atom. The summed E-state index contributed by atoms with van der Waals surface area (Å²) in [6.07, 6.45) is 9.35. The van der Waals surface area contributed by atoms with Crippen LogP contribution in [0.15, 0.2) is 29.2 Å². The molecule has 1 amide bonds. The molecule has 0 aliphatic heterocycles. The third-order valence-electron chi connectivity index (χ3n) is 4.09. The first-order valence-corrected chi connectivity index (χ1v) is 10.1. The molecule has 5 nitrogen and oxygen atoms in total. The van der Waals surface area contributed by atoms with E-state index in [9.17, 15) is 13.2 Å². The molecule has 2 rings (SSSR count). The van der Waals surface area contributed by atoms with Crippen molar-refractivity contribution < 1.29 is 17.9 Å². The lowest BCUT2D eigenvalue weighted by Gasteiger charge is -2.21. The molecule has 0 heterocycles. The van der Waals surface area contributed by atoms with Gasteiger partial charge in [-0.2, -0.15) is 0 Å². The number of carbonyl (C=O) groups is 1. The fraction of sp³-hybridized carbons (Fsp3) is 0.588. The third-order valence-corrected chi connectivity index (χ3v) is 5.22. The number of rotatable bonds is 5. The topological polar surface area (TPSA) is 72.5 Å². The number of ether oxygens (including phenoxy) is 1. The van der Waals surface area contributed by atoms with Gasteiger partial charge in [-0.15, -0.1) is 0 Å². The highest BCUT2D eigenvalue weighted by Crippen LogP contribution is 2.18. The maximum Gasteiger partial charge on any atom is 0.258 e. The minimum Gasteiger partial charge on any atom is -0.484 e. The van der Waals surface area contributed by atoms with Crippen molar-refractivity contribution in [3.8, 4) is 5.75 Å². The molecule has 0 unspecified atom stereocenters. The maximum absolute atomic E-state index is 12.0. The zero-order chi connectivity index (χ0) is 16.7. The van der Waals surface area contributed by atoms with Crippen LogP contribution < -0.4 is 10.1 Å². The maximum atomic E-state index is 12.0. The van der Waals surface area contributed by atoms with Crippen LogP contribution in [0.25, 0.3) is 0 Å². The Kier molecular flexibility index (Phi) is 6.45. The average molecular weight is 339 g/mol. The highest BCUT2D eigenvalue weighted by molar-refractivity contribution is 7.90. The number of carbonyl (C=O) groups excluding carboxylic acids is 1. The molecule has 0 bridgehead atoms. The van der Waals surface area contributed by atoms with E-state index in [4.69, 9.17) is 4.74 Å². The number of hydrogen-bond donors (Lipinski definition) is 1. The Morgan fingerprint density at radius 3 is 2.22 bits per heavy atom. The van der Waals surface area contributed by atoms with Crippen molar-refractivity contribution in [3.63, 3.8) is 0 Å². The summed E-state index contributed by atoms with van der Waals surface area (Å²) in [4.78, 5) is 12.2. The summed E-state index contributed by atoms with van der Waals surface area (Å²) in [5.41, 5.74) is 0. The molecular formula is C17H25NO4S. The fourth-order valence-electron chi connectivity index (χ4n) is 2.80. The molecular weight excluding hydrogens is 314 g/mol. The van der Waals surface area contributed by atoms with Gasteiger partial charge >= 0.3 is 0 Å². The molecule has 0 radical (unpaired) electrons. The van der Waals surface area contributed by atoms with E-state index >= 15 is 0 Å². The molecule has 0 atom stereocenters. The summed E-state index contributed by atoms with van der Waals surface area (Å²) >= 11 is 0. The second-order valence-electron chi connectivity index (χ2n) is 6.14. The molecule has 23 heavy (non-hydrogen) atoms. The normalized spacial score (nSPS) is 17.1. The summed E-state index contributed by atoms with van der Waals surface area (Å²) < 4.78 is 28.2. The Hall–Kier alpha value is -1.56. The van der Waals surface area contributed by atoms with Crippen LogP contribution in [0.4, 0.5) is 0 Å². The van der Waals surface area contributed by atoms with Crippen molar-refractivity contribution in [1.82, 2.24) is 5.32 Å². The van der Waals surface area contributed by atoms with Crippen LogP contribution in [0.3, 0.4) is 0 Å². The van der Waals surface area contributed by atoms with E-state index in [0.29, 0.717) is 5.75 Å². The molecule has 0 aromatic heterocycles. The van der Waals surface area contributed by atoms with E-state index in [1.54, 1.807) is 12.1 Å². The van der Waals surface area contributed by atoms with Gasteiger partial charge in [-0.1, -0.05) is 32.1 Å². The van der Waals surface area contributed by atoms with Crippen molar-refractivity contribution >= 4 is 15.7 Å². The third kappa shape index (κ3) is 6.22. The van der Waals surface area contributed by atoms with Gasteiger partial charge in [0.05, 0.1) is 4.90 Å². The average Bonchev–Trinajstić information content (AvgIpc) is 2.47. The van der Waals surface area contributed by atoms with Crippen molar-refractivity contribution in [2.24, 2.45) is 0 Å². The van der Waals surface area contributed by atoms with Crippen LogP contribution in [0.1, 0.15) is 44.9 Å². The standard InChI is InChI=1S/C17H25NO4S/c1-23(20,21)16-11-9-15(10-12-16)22-13-17(19)18-14-7-5-3-2-4-6-8-14/h9-12,14H,2-8,13H2,1H3,(H,18,19). The summed E-state index contributed by atoms with van der Waals surface area (Å²) in [7, 11) is -3.21. The number of sulfone groups is 1. The molecule has 1 saturated carbocycles. The van der Waals surface area contributed by atoms with Gasteiger partial charge in [0.15, 0.2) is 16.4 Å². The molecule has 1 N–H and O–H groups in total. The Labute approximate surface area is 138 Å². The largest absolute Gasteiger partial charge is 0.484 e. The summed E-state index contributed by atoms with van der Waals surface area (Å²) in [6.45, 7) is -0.0469. The van der Waals surface area contributed by atoms with Crippen molar-refractivity contribution in [3.05, 3.63) is 24.3 Å². The van der Waals surface area contributed by atoms with E-state index in [0.717, 1.165) is 19.1 Å². The lowest BCUT2D eigenvalue weighted by molar-refractivity contribution is -0.123.